The Kier molecular flexibility index (Phi) is 8.21. The summed E-state index contributed by atoms with van der Waals surface area (Å²) >= 11 is 1.59. The number of thioether (sulfide) groups is 1. The maximum absolute atomic E-state index is 13.7. The highest BCUT2D eigenvalue weighted by Gasteiger charge is 2.40. The van der Waals surface area contributed by atoms with Gasteiger partial charge in [0.15, 0.2) is 0 Å². The highest BCUT2D eigenvalue weighted by molar-refractivity contribution is 8.00. The molecule has 0 radical (unpaired) electrons. The molecule has 1 aliphatic heterocycles. The van der Waals surface area contributed by atoms with Crippen LogP contribution in [0.1, 0.15) is 62.3 Å². The van der Waals surface area contributed by atoms with Gasteiger partial charge in [-0.25, -0.2) is 4.68 Å². The molecule has 1 N–H and O–H groups in total. The van der Waals surface area contributed by atoms with Crippen LogP contribution in [-0.2, 0) is 15.0 Å². The van der Waals surface area contributed by atoms with Crippen molar-refractivity contribution in [2.75, 3.05) is 30.9 Å². The van der Waals surface area contributed by atoms with Crippen LogP contribution in [0.15, 0.2) is 48.5 Å². The minimum atomic E-state index is -0.302. The molecule has 1 aliphatic rings. The van der Waals surface area contributed by atoms with Gasteiger partial charge < -0.3 is 10.1 Å². The standard InChI is InChI=1S/C30H38N4O3S/c1-19(2)16-31-24(35)17-33-25(36)18-38-27(21-10-8-9-20(3)15-21)26-28(30(4,5)6)32-34(29(26)33)22-11-13-23(37-7)14-12-22/h8-15,19,27H,16-18H2,1-7H3,(H,31,35)/t27-/m1/s1. The minimum Gasteiger partial charge on any atom is -0.497 e. The van der Waals surface area contributed by atoms with E-state index in [1.54, 1.807) is 23.8 Å². The van der Waals surface area contributed by atoms with Crippen molar-refractivity contribution < 1.29 is 14.3 Å². The number of ether oxygens (including phenoxy) is 1. The van der Waals surface area contributed by atoms with Crippen LogP contribution in [0, 0.1) is 12.8 Å². The number of carbonyl (C=O) groups is 2. The van der Waals surface area contributed by atoms with Gasteiger partial charge in [-0.2, -0.15) is 5.10 Å². The van der Waals surface area contributed by atoms with Crippen LogP contribution in [0.4, 0.5) is 5.82 Å². The Hall–Kier alpha value is -3.26. The van der Waals surface area contributed by atoms with Crippen molar-refractivity contribution >= 4 is 29.4 Å². The average Bonchev–Trinajstić information content (AvgIpc) is 3.20. The van der Waals surface area contributed by atoms with E-state index >= 15 is 0 Å². The molecule has 1 atom stereocenters. The first kappa shape index (κ1) is 27.8. The lowest BCUT2D eigenvalue weighted by atomic mass is 9.87. The zero-order chi connectivity index (χ0) is 27.6. The Morgan fingerprint density at radius 2 is 1.89 bits per heavy atom. The Morgan fingerprint density at radius 3 is 2.50 bits per heavy atom. The molecule has 1 aromatic heterocycles. The van der Waals surface area contributed by atoms with Gasteiger partial charge in [0.25, 0.3) is 0 Å². The molecule has 0 fully saturated rings. The number of rotatable bonds is 7. The van der Waals surface area contributed by atoms with Crippen molar-refractivity contribution in [3.05, 3.63) is 70.9 Å². The number of nitrogens with one attached hydrogen (secondary N) is 1. The van der Waals surface area contributed by atoms with Crippen molar-refractivity contribution in [2.24, 2.45) is 5.92 Å². The van der Waals surface area contributed by atoms with Gasteiger partial charge in [-0.3, -0.25) is 14.5 Å². The Balaban J connectivity index is 1.96. The fraction of sp³-hybridized carbons (Fsp3) is 0.433. The zero-order valence-corrected chi connectivity index (χ0v) is 24.2. The van der Waals surface area contributed by atoms with E-state index in [-0.39, 0.29) is 34.8 Å². The smallest absolute Gasteiger partial charge is 0.240 e. The molecule has 202 valence electrons. The van der Waals surface area contributed by atoms with Crippen LogP contribution >= 0.6 is 11.8 Å². The highest BCUT2D eigenvalue weighted by Crippen LogP contribution is 2.48. The van der Waals surface area contributed by atoms with E-state index in [1.165, 1.54) is 0 Å². The second-order valence-corrected chi connectivity index (χ2v) is 12.3. The fourth-order valence-corrected chi connectivity index (χ4v) is 5.78. The molecule has 38 heavy (non-hydrogen) atoms. The Bertz CT molecular complexity index is 1310. The average molecular weight is 535 g/mol. The summed E-state index contributed by atoms with van der Waals surface area (Å²) in [6, 6.07) is 16.0. The van der Waals surface area contributed by atoms with Crippen LogP contribution < -0.4 is 15.0 Å². The number of benzene rings is 2. The van der Waals surface area contributed by atoms with Crippen molar-refractivity contribution in [1.29, 1.82) is 0 Å². The van der Waals surface area contributed by atoms with Crippen molar-refractivity contribution in [2.45, 2.75) is 52.2 Å². The Morgan fingerprint density at radius 1 is 1.18 bits per heavy atom. The van der Waals surface area contributed by atoms with E-state index in [0.29, 0.717) is 18.3 Å². The third-order valence-electron chi connectivity index (χ3n) is 6.47. The molecule has 0 spiro atoms. The lowest BCUT2D eigenvalue weighted by Gasteiger charge is -2.25. The van der Waals surface area contributed by atoms with Crippen LogP contribution in [-0.4, -0.2) is 47.5 Å². The summed E-state index contributed by atoms with van der Waals surface area (Å²) in [7, 11) is 1.63. The molecule has 3 aromatic rings. The third kappa shape index (κ3) is 5.90. The summed E-state index contributed by atoms with van der Waals surface area (Å²) in [5, 5.41) is 8.00. The molecule has 0 saturated carbocycles. The van der Waals surface area contributed by atoms with E-state index in [1.807, 2.05) is 42.8 Å². The van der Waals surface area contributed by atoms with Crippen molar-refractivity contribution in [3.8, 4) is 11.4 Å². The molecule has 7 nitrogen and oxygen atoms in total. The summed E-state index contributed by atoms with van der Waals surface area (Å²) in [6.07, 6.45) is 0. The molecule has 2 amide bonds. The van der Waals surface area contributed by atoms with Gasteiger partial charge in [0.05, 0.1) is 29.5 Å². The number of hydrogen-bond acceptors (Lipinski definition) is 5. The van der Waals surface area contributed by atoms with Gasteiger partial charge in [0.1, 0.15) is 18.1 Å². The number of fused-ring (bicyclic) bond motifs is 1. The van der Waals surface area contributed by atoms with Crippen LogP contribution in [0.2, 0.25) is 0 Å². The molecule has 2 aromatic carbocycles. The summed E-state index contributed by atoms with van der Waals surface area (Å²) < 4.78 is 7.20. The molecule has 0 saturated heterocycles. The summed E-state index contributed by atoms with van der Waals surface area (Å²) in [6.45, 7) is 13.1. The number of carbonyl (C=O) groups excluding carboxylic acids is 2. The van der Waals surface area contributed by atoms with E-state index in [0.717, 1.165) is 33.8 Å². The molecular formula is C30H38N4O3S. The van der Waals surface area contributed by atoms with Crippen LogP contribution in [0.25, 0.3) is 5.69 Å². The van der Waals surface area contributed by atoms with E-state index < -0.39 is 0 Å². The second-order valence-electron chi connectivity index (χ2n) is 11.2. The lowest BCUT2D eigenvalue weighted by Crippen LogP contribution is -2.43. The first-order chi connectivity index (χ1) is 18.0. The second kappa shape index (κ2) is 11.2. The molecule has 0 unspecified atom stereocenters. The predicted molar refractivity (Wildman–Crippen MR) is 154 cm³/mol. The van der Waals surface area contributed by atoms with Crippen LogP contribution in [0.3, 0.4) is 0 Å². The zero-order valence-electron chi connectivity index (χ0n) is 23.4. The molecule has 2 heterocycles. The third-order valence-corrected chi connectivity index (χ3v) is 7.73. The summed E-state index contributed by atoms with van der Waals surface area (Å²) in [5.41, 5.74) is 4.66. The number of anilines is 1. The van der Waals surface area contributed by atoms with Gasteiger partial charge >= 0.3 is 0 Å². The van der Waals surface area contributed by atoms with Crippen molar-refractivity contribution in [1.82, 2.24) is 15.1 Å². The maximum atomic E-state index is 13.7. The van der Waals surface area contributed by atoms with Gasteiger partial charge in [-0.15, -0.1) is 11.8 Å². The highest BCUT2D eigenvalue weighted by atomic mass is 32.2. The molecule has 8 heteroatoms. The number of aromatic nitrogens is 2. The quantitative estimate of drug-likeness (QED) is 0.438. The van der Waals surface area contributed by atoms with Gasteiger partial charge in [0, 0.05) is 17.5 Å². The topological polar surface area (TPSA) is 76.5 Å². The van der Waals surface area contributed by atoms with Gasteiger partial charge in [-0.05, 0) is 42.7 Å². The maximum Gasteiger partial charge on any atom is 0.240 e. The first-order valence-electron chi connectivity index (χ1n) is 13.0. The molecule has 0 aliphatic carbocycles. The predicted octanol–water partition coefficient (Wildman–Crippen LogP) is 5.43. The summed E-state index contributed by atoms with van der Waals surface area (Å²) in [4.78, 5) is 28.4. The number of aryl methyl sites for hydroxylation is 1. The van der Waals surface area contributed by atoms with E-state index in [2.05, 4.69) is 57.3 Å². The largest absolute Gasteiger partial charge is 0.497 e. The van der Waals surface area contributed by atoms with Crippen LogP contribution in [0.5, 0.6) is 5.75 Å². The van der Waals surface area contributed by atoms with E-state index in [4.69, 9.17) is 9.84 Å². The minimum absolute atomic E-state index is 0.0644. The van der Waals surface area contributed by atoms with Gasteiger partial charge in [-0.1, -0.05) is 64.4 Å². The normalized spacial score (nSPS) is 15.8. The number of methoxy groups -OCH3 is 1. The molecular weight excluding hydrogens is 496 g/mol. The van der Waals surface area contributed by atoms with Crippen molar-refractivity contribution in [3.63, 3.8) is 0 Å². The lowest BCUT2D eigenvalue weighted by molar-refractivity contribution is -0.123. The SMILES string of the molecule is COc1ccc(-n2nc(C(C)(C)C)c3c2N(CC(=O)NCC(C)C)C(=O)CS[C@@H]3c2cccc(C)c2)cc1. The van der Waals surface area contributed by atoms with E-state index in [9.17, 15) is 9.59 Å². The Labute approximate surface area is 229 Å². The fourth-order valence-electron chi connectivity index (χ4n) is 4.59. The number of hydrogen-bond donors (Lipinski definition) is 1. The number of nitrogens with zero attached hydrogens (tertiary/aromatic N) is 3. The number of amides is 2. The molecule has 0 bridgehead atoms. The monoisotopic (exact) mass is 534 g/mol. The first-order valence-corrected chi connectivity index (χ1v) is 14.1. The van der Waals surface area contributed by atoms with Gasteiger partial charge in [0.2, 0.25) is 11.8 Å². The molecule has 4 rings (SSSR count). The summed E-state index contributed by atoms with van der Waals surface area (Å²) in [5.74, 6) is 1.67.